The van der Waals surface area contributed by atoms with Gasteiger partial charge in [0.1, 0.15) is 12.4 Å². The van der Waals surface area contributed by atoms with Crippen LogP contribution >= 0.6 is 0 Å². The molecule has 2 aromatic rings. The minimum absolute atomic E-state index is 0.0413. The van der Waals surface area contributed by atoms with Gasteiger partial charge in [-0.05, 0) is 17.2 Å². The molecule has 2 heteroatoms. The molecule has 0 fully saturated rings. The zero-order valence-corrected chi connectivity index (χ0v) is 9.67. The van der Waals surface area contributed by atoms with Gasteiger partial charge in [-0.15, -0.1) is 0 Å². The smallest absolute Gasteiger partial charge is 0.122 e. The van der Waals surface area contributed by atoms with Crippen LogP contribution in [0, 0.1) is 0 Å². The summed E-state index contributed by atoms with van der Waals surface area (Å²) in [5.74, 6) is 0.852. The Bertz CT molecular complexity index is 451. The number of para-hydroxylation sites is 1. The highest BCUT2D eigenvalue weighted by Gasteiger charge is 2.03. The van der Waals surface area contributed by atoms with Crippen LogP contribution in [0.15, 0.2) is 54.6 Å². The van der Waals surface area contributed by atoms with Crippen molar-refractivity contribution in [1.82, 2.24) is 0 Å². The van der Waals surface area contributed by atoms with E-state index in [9.17, 15) is 0 Å². The number of ether oxygens (including phenoxy) is 1. The summed E-state index contributed by atoms with van der Waals surface area (Å²) in [6.45, 7) is 0.380. The fourth-order valence-corrected chi connectivity index (χ4v) is 1.76. The van der Waals surface area contributed by atoms with Gasteiger partial charge in [0.2, 0.25) is 0 Å². The Labute approximate surface area is 101 Å². The lowest BCUT2D eigenvalue weighted by atomic mass is 10.0. The zero-order chi connectivity index (χ0) is 11.9. The Kier molecular flexibility index (Phi) is 4.17. The minimum atomic E-state index is 0.0413. The van der Waals surface area contributed by atoms with Gasteiger partial charge in [-0.2, -0.15) is 0 Å². The van der Waals surface area contributed by atoms with Crippen LogP contribution in [0.3, 0.4) is 0 Å². The lowest BCUT2D eigenvalue weighted by molar-refractivity contribution is 0.200. The normalized spacial score (nSPS) is 10.2. The SMILES string of the molecule is OCCOc1ccccc1Cc1ccccc1. The van der Waals surface area contributed by atoms with Gasteiger partial charge in [0.15, 0.2) is 0 Å². The molecule has 0 aliphatic carbocycles. The van der Waals surface area contributed by atoms with E-state index in [4.69, 9.17) is 9.84 Å². The quantitative estimate of drug-likeness (QED) is 0.852. The summed E-state index contributed by atoms with van der Waals surface area (Å²) >= 11 is 0. The van der Waals surface area contributed by atoms with Crippen LogP contribution in [0.25, 0.3) is 0 Å². The standard InChI is InChI=1S/C15H16O2/c16-10-11-17-15-9-5-4-8-14(15)12-13-6-2-1-3-7-13/h1-9,16H,10-12H2. The van der Waals surface area contributed by atoms with Crippen molar-refractivity contribution in [2.24, 2.45) is 0 Å². The first-order valence-electron chi connectivity index (χ1n) is 5.75. The molecule has 2 nitrogen and oxygen atoms in total. The number of benzene rings is 2. The summed E-state index contributed by atoms with van der Waals surface area (Å²) in [5.41, 5.74) is 2.40. The van der Waals surface area contributed by atoms with Gasteiger partial charge < -0.3 is 9.84 Å². The molecule has 0 atom stereocenters. The monoisotopic (exact) mass is 228 g/mol. The van der Waals surface area contributed by atoms with Crippen LogP contribution in [0.2, 0.25) is 0 Å². The molecule has 0 radical (unpaired) electrons. The van der Waals surface area contributed by atoms with E-state index in [1.54, 1.807) is 0 Å². The van der Waals surface area contributed by atoms with Crippen molar-refractivity contribution in [3.05, 3.63) is 65.7 Å². The summed E-state index contributed by atoms with van der Waals surface area (Å²) in [5, 5.41) is 8.78. The van der Waals surface area contributed by atoms with Crippen molar-refractivity contribution < 1.29 is 9.84 Å². The highest BCUT2D eigenvalue weighted by molar-refractivity contribution is 5.37. The summed E-state index contributed by atoms with van der Waals surface area (Å²) in [6.07, 6.45) is 0.850. The molecule has 0 aliphatic rings. The molecule has 0 saturated heterocycles. The van der Waals surface area contributed by atoms with Crippen LogP contribution in [0.4, 0.5) is 0 Å². The van der Waals surface area contributed by atoms with Crippen molar-refractivity contribution in [2.45, 2.75) is 6.42 Å². The van der Waals surface area contributed by atoms with E-state index in [0.29, 0.717) is 6.61 Å². The molecule has 0 aliphatic heterocycles. The van der Waals surface area contributed by atoms with Crippen molar-refractivity contribution in [1.29, 1.82) is 0 Å². The summed E-state index contributed by atoms with van der Waals surface area (Å²) in [4.78, 5) is 0. The van der Waals surface area contributed by atoms with Gasteiger partial charge in [0, 0.05) is 6.42 Å². The number of rotatable bonds is 5. The van der Waals surface area contributed by atoms with Crippen LogP contribution in [-0.2, 0) is 6.42 Å². The predicted molar refractivity (Wildman–Crippen MR) is 68.3 cm³/mol. The fraction of sp³-hybridized carbons (Fsp3) is 0.200. The molecule has 0 spiro atoms. The third-order valence-electron chi connectivity index (χ3n) is 2.56. The van der Waals surface area contributed by atoms with E-state index in [2.05, 4.69) is 18.2 Å². The van der Waals surface area contributed by atoms with Gasteiger partial charge in [0.05, 0.1) is 6.61 Å². The molecule has 0 saturated carbocycles. The number of hydrogen-bond acceptors (Lipinski definition) is 2. The second kappa shape index (κ2) is 6.06. The van der Waals surface area contributed by atoms with E-state index in [-0.39, 0.29) is 6.61 Å². The highest BCUT2D eigenvalue weighted by atomic mass is 16.5. The molecule has 1 N–H and O–H groups in total. The average molecular weight is 228 g/mol. The van der Waals surface area contributed by atoms with Gasteiger partial charge in [-0.25, -0.2) is 0 Å². The van der Waals surface area contributed by atoms with Crippen LogP contribution in [-0.4, -0.2) is 18.3 Å². The van der Waals surface area contributed by atoms with Crippen LogP contribution in [0.1, 0.15) is 11.1 Å². The highest BCUT2D eigenvalue weighted by Crippen LogP contribution is 2.21. The van der Waals surface area contributed by atoms with Crippen molar-refractivity contribution >= 4 is 0 Å². The van der Waals surface area contributed by atoms with E-state index in [0.717, 1.165) is 17.7 Å². The first kappa shape index (κ1) is 11.7. The molecule has 0 bridgehead atoms. The lowest BCUT2D eigenvalue weighted by Crippen LogP contribution is -2.04. The fourth-order valence-electron chi connectivity index (χ4n) is 1.76. The van der Waals surface area contributed by atoms with Crippen molar-refractivity contribution in [3.63, 3.8) is 0 Å². The summed E-state index contributed by atoms with van der Waals surface area (Å²) in [6, 6.07) is 18.2. The third kappa shape index (κ3) is 3.33. The van der Waals surface area contributed by atoms with Crippen molar-refractivity contribution in [2.75, 3.05) is 13.2 Å². The molecule has 0 unspecified atom stereocenters. The Morgan fingerprint density at radius 2 is 1.59 bits per heavy atom. The van der Waals surface area contributed by atoms with Crippen LogP contribution < -0.4 is 4.74 Å². The number of aliphatic hydroxyl groups excluding tert-OH is 1. The Morgan fingerprint density at radius 3 is 2.35 bits per heavy atom. The first-order chi connectivity index (χ1) is 8.40. The maximum Gasteiger partial charge on any atom is 0.122 e. The third-order valence-corrected chi connectivity index (χ3v) is 2.56. The van der Waals surface area contributed by atoms with E-state index < -0.39 is 0 Å². The first-order valence-corrected chi connectivity index (χ1v) is 5.75. The zero-order valence-electron chi connectivity index (χ0n) is 9.67. The van der Waals surface area contributed by atoms with E-state index in [1.165, 1.54) is 5.56 Å². The molecule has 0 heterocycles. The Morgan fingerprint density at radius 1 is 0.882 bits per heavy atom. The predicted octanol–water partition coefficient (Wildman–Crippen LogP) is 2.65. The topological polar surface area (TPSA) is 29.5 Å². The van der Waals surface area contributed by atoms with Crippen LogP contribution in [0.5, 0.6) is 5.75 Å². The molecular formula is C15H16O2. The molecule has 88 valence electrons. The molecule has 0 amide bonds. The Hall–Kier alpha value is -1.80. The summed E-state index contributed by atoms with van der Waals surface area (Å²) < 4.78 is 5.51. The van der Waals surface area contributed by atoms with Gasteiger partial charge in [-0.1, -0.05) is 48.5 Å². The van der Waals surface area contributed by atoms with E-state index in [1.807, 2.05) is 36.4 Å². The second-order valence-electron chi connectivity index (χ2n) is 3.84. The second-order valence-corrected chi connectivity index (χ2v) is 3.84. The number of aliphatic hydroxyl groups is 1. The maximum absolute atomic E-state index is 8.78. The minimum Gasteiger partial charge on any atom is -0.491 e. The summed E-state index contributed by atoms with van der Waals surface area (Å²) in [7, 11) is 0. The van der Waals surface area contributed by atoms with Gasteiger partial charge in [-0.3, -0.25) is 0 Å². The number of hydrogen-bond donors (Lipinski definition) is 1. The molecular weight excluding hydrogens is 212 g/mol. The van der Waals surface area contributed by atoms with Gasteiger partial charge >= 0.3 is 0 Å². The van der Waals surface area contributed by atoms with Gasteiger partial charge in [0.25, 0.3) is 0 Å². The largest absolute Gasteiger partial charge is 0.491 e. The van der Waals surface area contributed by atoms with Crippen molar-refractivity contribution in [3.8, 4) is 5.75 Å². The Balaban J connectivity index is 2.15. The van der Waals surface area contributed by atoms with E-state index >= 15 is 0 Å². The molecule has 2 aromatic carbocycles. The molecule has 2 rings (SSSR count). The molecule has 17 heavy (non-hydrogen) atoms. The molecule has 0 aromatic heterocycles. The average Bonchev–Trinajstić information content (AvgIpc) is 2.39. The maximum atomic E-state index is 8.78. The lowest BCUT2D eigenvalue weighted by Gasteiger charge is -2.10.